The Kier molecular flexibility index (Phi) is 3.73. The highest BCUT2D eigenvalue weighted by Gasteiger charge is 2.55. The number of benzene rings is 1. The summed E-state index contributed by atoms with van der Waals surface area (Å²) >= 11 is 12.1. The lowest BCUT2D eigenvalue weighted by molar-refractivity contribution is 0.0398. The number of halogens is 2. The summed E-state index contributed by atoms with van der Waals surface area (Å²) in [7, 11) is 0. The minimum Gasteiger partial charge on any atom is -0.197 e. The van der Waals surface area contributed by atoms with Crippen molar-refractivity contribution >= 4 is 23.2 Å². The number of nitriles is 1. The quantitative estimate of drug-likeness (QED) is 0.634. The molecule has 106 valence electrons. The zero-order chi connectivity index (χ0) is 14.2. The summed E-state index contributed by atoms with van der Waals surface area (Å²) in [4.78, 5) is 0. The van der Waals surface area contributed by atoms with E-state index in [9.17, 15) is 5.26 Å². The van der Waals surface area contributed by atoms with Gasteiger partial charge < -0.3 is 0 Å². The van der Waals surface area contributed by atoms with E-state index in [1.165, 1.54) is 38.5 Å². The molecule has 1 spiro atoms. The minimum atomic E-state index is -0.335. The second kappa shape index (κ2) is 5.24. The van der Waals surface area contributed by atoms with Crippen molar-refractivity contribution in [2.45, 2.75) is 56.8 Å². The van der Waals surface area contributed by atoms with Crippen LogP contribution in [0.15, 0.2) is 18.2 Å². The molecule has 2 fully saturated rings. The number of rotatable bonds is 1. The predicted molar refractivity (Wildman–Crippen MR) is 83.1 cm³/mol. The van der Waals surface area contributed by atoms with Gasteiger partial charge in [-0.2, -0.15) is 5.26 Å². The fourth-order valence-corrected chi connectivity index (χ4v) is 4.50. The molecular weight excluding hydrogens is 289 g/mol. The average Bonchev–Trinajstić information content (AvgIpc) is 2.65. The van der Waals surface area contributed by atoms with Gasteiger partial charge in [0, 0.05) is 0 Å². The van der Waals surface area contributed by atoms with E-state index in [4.69, 9.17) is 23.2 Å². The van der Waals surface area contributed by atoms with Crippen molar-refractivity contribution in [3.05, 3.63) is 33.8 Å². The first kappa shape index (κ1) is 14.2. The Bertz CT molecular complexity index is 543. The molecule has 3 rings (SSSR count). The smallest absolute Gasteiger partial charge is 0.0833 e. The number of hydrogen-bond donors (Lipinski definition) is 0. The van der Waals surface area contributed by atoms with Crippen molar-refractivity contribution in [2.24, 2.45) is 5.41 Å². The maximum atomic E-state index is 9.71. The van der Waals surface area contributed by atoms with Gasteiger partial charge in [0.2, 0.25) is 0 Å². The molecule has 0 amide bonds. The largest absolute Gasteiger partial charge is 0.197 e. The highest BCUT2D eigenvalue weighted by atomic mass is 35.5. The first-order valence-corrected chi connectivity index (χ1v) is 8.22. The zero-order valence-corrected chi connectivity index (χ0v) is 13.1. The van der Waals surface area contributed by atoms with Crippen LogP contribution in [-0.2, 0) is 5.41 Å². The lowest BCUT2D eigenvalue weighted by atomic mass is 9.49. The summed E-state index contributed by atoms with van der Waals surface area (Å²) in [5, 5.41) is 10.8. The maximum absolute atomic E-state index is 9.71. The van der Waals surface area contributed by atoms with Crippen LogP contribution >= 0.6 is 23.2 Å². The van der Waals surface area contributed by atoms with E-state index in [0.29, 0.717) is 15.5 Å². The minimum absolute atomic E-state index is 0.335. The Balaban J connectivity index is 1.85. The van der Waals surface area contributed by atoms with Gasteiger partial charge in [-0.1, -0.05) is 55.0 Å². The van der Waals surface area contributed by atoms with Crippen molar-refractivity contribution in [3.8, 4) is 6.07 Å². The first-order valence-electron chi connectivity index (χ1n) is 7.46. The first-order chi connectivity index (χ1) is 9.59. The summed E-state index contributed by atoms with van der Waals surface area (Å²) in [6.45, 7) is 0. The molecular formula is C17H19Cl2N. The molecule has 0 bridgehead atoms. The third-order valence-electron chi connectivity index (χ3n) is 5.20. The van der Waals surface area contributed by atoms with Crippen LogP contribution in [0.4, 0.5) is 0 Å². The fraction of sp³-hybridized carbons (Fsp3) is 0.588. The number of hydrogen-bond acceptors (Lipinski definition) is 1. The topological polar surface area (TPSA) is 23.8 Å². The van der Waals surface area contributed by atoms with Gasteiger partial charge in [-0.3, -0.25) is 0 Å². The van der Waals surface area contributed by atoms with Gasteiger partial charge in [0.25, 0.3) is 0 Å². The maximum Gasteiger partial charge on any atom is 0.0833 e. The van der Waals surface area contributed by atoms with E-state index in [2.05, 4.69) is 6.07 Å². The van der Waals surface area contributed by atoms with E-state index in [1.54, 1.807) is 0 Å². The molecule has 20 heavy (non-hydrogen) atoms. The molecule has 0 unspecified atom stereocenters. The summed E-state index contributed by atoms with van der Waals surface area (Å²) in [6, 6.07) is 8.24. The van der Waals surface area contributed by atoms with Crippen LogP contribution in [0.3, 0.4) is 0 Å². The fourth-order valence-electron chi connectivity index (χ4n) is 4.20. The molecule has 0 aromatic heterocycles. The van der Waals surface area contributed by atoms with Gasteiger partial charge in [0.05, 0.1) is 21.5 Å². The standard InChI is InChI=1S/C17H19Cl2N/c18-14-6-5-13(9-15(14)19)17(12-20)10-16(11-17)7-3-1-2-4-8-16/h5-6,9H,1-4,7-8,10-11H2. The van der Waals surface area contributed by atoms with Crippen LogP contribution in [0.1, 0.15) is 56.9 Å². The Morgan fingerprint density at radius 2 is 1.60 bits per heavy atom. The molecule has 0 aliphatic heterocycles. The molecule has 0 N–H and O–H groups in total. The zero-order valence-electron chi connectivity index (χ0n) is 11.6. The average molecular weight is 308 g/mol. The molecule has 2 saturated carbocycles. The van der Waals surface area contributed by atoms with Crippen LogP contribution in [-0.4, -0.2) is 0 Å². The second-order valence-electron chi connectivity index (χ2n) is 6.59. The van der Waals surface area contributed by atoms with Gasteiger partial charge in [-0.25, -0.2) is 0 Å². The summed E-state index contributed by atoms with van der Waals surface area (Å²) in [5.41, 5.74) is 1.13. The molecule has 2 aliphatic rings. The Hall–Kier alpha value is -0.710. The lowest BCUT2D eigenvalue weighted by Crippen LogP contribution is -2.48. The van der Waals surface area contributed by atoms with Crippen molar-refractivity contribution in [1.82, 2.24) is 0 Å². The SMILES string of the molecule is N#CC1(c2ccc(Cl)c(Cl)c2)CC2(CCCCCC2)C1. The third kappa shape index (κ3) is 2.34. The van der Waals surface area contributed by atoms with E-state index >= 15 is 0 Å². The van der Waals surface area contributed by atoms with Crippen LogP contribution < -0.4 is 0 Å². The van der Waals surface area contributed by atoms with Gasteiger partial charge in [-0.05, 0) is 48.8 Å². The Labute approximate surface area is 130 Å². The highest BCUT2D eigenvalue weighted by molar-refractivity contribution is 6.42. The van der Waals surface area contributed by atoms with Crippen molar-refractivity contribution < 1.29 is 0 Å². The van der Waals surface area contributed by atoms with Crippen LogP contribution in [0.25, 0.3) is 0 Å². The number of nitrogens with zero attached hydrogens (tertiary/aromatic N) is 1. The second-order valence-corrected chi connectivity index (χ2v) is 7.40. The lowest BCUT2D eigenvalue weighted by Gasteiger charge is -2.53. The summed E-state index contributed by atoms with van der Waals surface area (Å²) in [6.07, 6.45) is 9.92. The van der Waals surface area contributed by atoms with Crippen molar-refractivity contribution in [3.63, 3.8) is 0 Å². The highest BCUT2D eigenvalue weighted by Crippen LogP contribution is 2.61. The predicted octanol–water partition coefficient (Wildman–Crippen LogP) is 5.89. The molecule has 0 atom stereocenters. The molecule has 0 heterocycles. The van der Waals surface area contributed by atoms with Crippen molar-refractivity contribution in [2.75, 3.05) is 0 Å². The molecule has 1 nitrogen and oxygen atoms in total. The Morgan fingerprint density at radius 1 is 0.950 bits per heavy atom. The van der Waals surface area contributed by atoms with Gasteiger partial charge >= 0.3 is 0 Å². The van der Waals surface area contributed by atoms with Crippen molar-refractivity contribution in [1.29, 1.82) is 5.26 Å². The van der Waals surface area contributed by atoms with E-state index in [1.807, 2.05) is 18.2 Å². The monoisotopic (exact) mass is 307 g/mol. The van der Waals surface area contributed by atoms with E-state index in [-0.39, 0.29) is 5.41 Å². The molecule has 3 heteroatoms. The summed E-state index contributed by atoms with van der Waals surface area (Å²) < 4.78 is 0. The molecule has 0 radical (unpaired) electrons. The normalized spacial score (nSPS) is 23.6. The van der Waals surface area contributed by atoms with Gasteiger partial charge in [0.15, 0.2) is 0 Å². The molecule has 1 aromatic carbocycles. The van der Waals surface area contributed by atoms with Crippen LogP contribution in [0.5, 0.6) is 0 Å². The van der Waals surface area contributed by atoms with Crippen LogP contribution in [0, 0.1) is 16.7 Å². The van der Waals surface area contributed by atoms with Gasteiger partial charge in [-0.15, -0.1) is 0 Å². The third-order valence-corrected chi connectivity index (χ3v) is 5.94. The molecule has 2 aliphatic carbocycles. The Morgan fingerprint density at radius 3 is 2.15 bits per heavy atom. The summed E-state index contributed by atoms with van der Waals surface area (Å²) in [5.74, 6) is 0. The van der Waals surface area contributed by atoms with E-state index in [0.717, 1.165) is 18.4 Å². The molecule has 0 saturated heterocycles. The molecule has 1 aromatic rings. The van der Waals surface area contributed by atoms with E-state index < -0.39 is 0 Å². The van der Waals surface area contributed by atoms with Crippen LogP contribution in [0.2, 0.25) is 10.0 Å². The van der Waals surface area contributed by atoms with Gasteiger partial charge in [0.1, 0.15) is 0 Å².